The average Bonchev–Trinajstić information content (AvgIpc) is 3.57. The minimum Gasteiger partial charge on any atom is -0.507 e. The van der Waals surface area contributed by atoms with E-state index in [1.165, 1.54) is 12.1 Å². The summed E-state index contributed by atoms with van der Waals surface area (Å²) >= 11 is 0. The molecule has 38 heavy (non-hydrogen) atoms. The fourth-order valence-corrected chi connectivity index (χ4v) is 5.95. The number of aromatic nitrogens is 2. The molecule has 4 N–H and O–H groups in total. The van der Waals surface area contributed by atoms with Crippen LogP contribution in [0, 0.1) is 0 Å². The molecule has 0 bridgehead atoms. The molecule has 0 aliphatic carbocycles. The van der Waals surface area contributed by atoms with E-state index < -0.39 is 5.43 Å². The van der Waals surface area contributed by atoms with Crippen molar-refractivity contribution in [3.63, 3.8) is 0 Å². The number of phenolic OH excluding ortho intramolecular Hbond substituents is 1. The lowest BCUT2D eigenvalue weighted by molar-refractivity contribution is 0.0943. The van der Waals surface area contributed by atoms with Crippen LogP contribution in [0.5, 0.6) is 5.75 Å². The van der Waals surface area contributed by atoms with E-state index in [1.54, 1.807) is 6.20 Å². The molecular weight excluding hydrogens is 484 g/mol. The van der Waals surface area contributed by atoms with Crippen LogP contribution in [0.1, 0.15) is 49.9 Å². The molecule has 2 unspecified atom stereocenters. The second-order valence-corrected chi connectivity index (χ2v) is 10.2. The van der Waals surface area contributed by atoms with Gasteiger partial charge in [0.2, 0.25) is 10.9 Å². The van der Waals surface area contributed by atoms with Crippen molar-refractivity contribution in [1.29, 1.82) is 0 Å². The van der Waals surface area contributed by atoms with E-state index in [0.717, 1.165) is 57.9 Å². The summed E-state index contributed by atoms with van der Waals surface area (Å²) in [5, 5.41) is 17.2. The van der Waals surface area contributed by atoms with Crippen molar-refractivity contribution in [2.24, 2.45) is 0 Å². The third kappa shape index (κ3) is 4.98. The number of likely N-dealkylation sites (tertiary alicyclic amines) is 2. The molecule has 2 aliphatic heterocycles. The standard InChI is InChI=1S/C28H36N6O4/c1-3-33-11-5-7-17(33)14-29-16-20-22(36)13-23(37)27-25(20)32-26-21(35)10-9-19(24(26)31-27)28(38)30-15-18-8-6-12-34(18)4-2/h9-10,13,16-18,29,31,36H,3-8,11-12,14-15H2,1-2H3,(H,30,38)/b20-16-. The second kappa shape index (κ2) is 11.1. The van der Waals surface area contributed by atoms with E-state index >= 15 is 0 Å². The number of hydrogen-bond donors (Lipinski definition) is 4. The van der Waals surface area contributed by atoms with Crippen molar-refractivity contribution < 1.29 is 9.90 Å². The predicted octanol–water partition coefficient (Wildman–Crippen LogP) is 0.887. The molecule has 3 aromatic rings. The van der Waals surface area contributed by atoms with Gasteiger partial charge in [0.05, 0.1) is 16.3 Å². The van der Waals surface area contributed by atoms with Crippen molar-refractivity contribution in [3.05, 3.63) is 49.4 Å². The van der Waals surface area contributed by atoms with Crippen molar-refractivity contribution in [1.82, 2.24) is 30.4 Å². The number of aromatic amines is 1. The van der Waals surface area contributed by atoms with Crippen LogP contribution in [-0.2, 0) is 0 Å². The lowest BCUT2D eigenvalue weighted by Gasteiger charge is -2.23. The number of rotatable bonds is 8. The summed E-state index contributed by atoms with van der Waals surface area (Å²) in [5.41, 5.74) is -0.000507. The number of nitrogens with zero attached hydrogens (tertiary/aromatic N) is 3. The van der Waals surface area contributed by atoms with Gasteiger partial charge in [0.25, 0.3) is 5.91 Å². The van der Waals surface area contributed by atoms with Crippen LogP contribution in [-0.4, -0.2) is 82.1 Å². The van der Waals surface area contributed by atoms with Crippen LogP contribution in [0.4, 0.5) is 0 Å². The number of amides is 1. The summed E-state index contributed by atoms with van der Waals surface area (Å²) in [7, 11) is 0. The number of hydrogen-bond acceptors (Lipinski definition) is 8. The topological polar surface area (TPSA) is 131 Å². The van der Waals surface area contributed by atoms with Gasteiger partial charge in [-0.2, -0.15) is 0 Å². The highest BCUT2D eigenvalue weighted by molar-refractivity contribution is 6.06. The number of likely N-dealkylation sites (N-methyl/N-ethyl adjacent to an activating group) is 2. The van der Waals surface area contributed by atoms with Crippen LogP contribution in [0.3, 0.4) is 0 Å². The summed E-state index contributed by atoms with van der Waals surface area (Å²) in [4.78, 5) is 51.1. The first-order chi connectivity index (χ1) is 18.4. The van der Waals surface area contributed by atoms with Crippen molar-refractivity contribution >= 4 is 34.2 Å². The molecule has 2 fully saturated rings. The fourth-order valence-electron chi connectivity index (χ4n) is 5.95. The lowest BCUT2D eigenvalue weighted by Crippen LogP contribution is -2.40. The normalized spacial score (nSPS) is 21.1. The summed E-state index contributed by atoms with van der Waals surface area (Å²) in [6.07, 6.45) is 6.04. The molecule has 10 heteroatoms. The highest BCUT2D eigenvalue weighted by atomic mass is 16.3. The Hall–Kier alpha value is -3.50. The fraction of sp³-hybridized carbons (Fsp3) is 0.500. The number of carbonyl (C=O) groups is 1. The van der Waals surface area contributed by atoms with E-state index in [2.05, 4.69) is 44.2 Å². The van der Waals surface area contributed by atoms with Crippen LogP contribution in [0.2, 0.25) is 0 Å². The first kappa shape index (κ1) is 26.1. The number of benzene rings is 2. The quantitative estimate of drug-likeness (QED) is 0.322. The molecule has 2 aromatic carbocycles. The number of carbonyl (C=O) groups excluding carboxylic acids is 1. The van der Waals surface area contributed by atoms with Gasteiger partial charge in [-0.25, -0.2) is 4.98 Å². The Bertz CT molecular complexity index is 1520. The third-order valence-corrected chi connectivity index (χ3v) is 8.05. The zero-order valence-corrected chi connectivity index (χ0v) is 22.0. The number of H-pyrrole nitrogens is 1. The second-order valence-electron chi connectivity index (χ2n) is 10.2. The summed E-state index contributed by atoms with van der Waals surface area (Å²) < 4.78 is 0. The number of aromatic hydroxyl groups is 1. The SMILES string of the molecule is CCN1CCCC1CN/C=c1/c(O)cc(=O)c2[nH]c3c(C(=O)NCC4CCCN4CC)ccc(=O)c3nc12. The van der Waals surface area contributed by atoms with Crippen molar-refractivity contribution in [2.45, 2.75) is 51.6 Å². The van der Waals surface area contributed by atoms with E-state index in [-0.39, 0.29) is 50.8 Å². The highest BCUT2D eigenvalue weighted by Crippen LogP contribution is 2.18. The van der Waals surface area contributed by atoms with Crippen LogP contribution in [0.25, 0.3) is 28.3 Å². The Labute approximate surface area is 220 Å². The molecular formula is C28H36N6O4. The number of nitrogens with one attached hydrogen (secondary N) is 3. The van der Waals surface area contributed by atoms with E-state index in [9.17, 15) is 19.5 Å². The highest BCUT2D eigenvalue weighted by Gasteiger charge is 2.25. The third-order valence-electron chi connectivity index (χ3n) is 8.05. The van der Waals surface area contributed by atoms with Gasteiger partial charge < -0.3 is 20.7 Å². The summed E-state index contributed by atoms with van der Waals surface area (Å²) in [6.45, 7) is 9.47. The van der Waals surface area contributed by atoms with Gasteiger partial charge in [-0.1, -0.05) is 13.8 Å². The van der Waals surface area contributed by atoms with E-state index in [0.29, 0.717) is 24.4 Å². The van der Waals surface area contributed by atoms with Gasteiger partial charge >= 0.3 is 0 Å². The molecule has 2 atom stereocenters. The van der Waals surface area contributed by atoms with Gasteiger partial charge in [0, 0.05) is 37.4 Å². The predicted molar refractivity (Wildman–Crippen MR) is 148 cm³/mol. The molecule has 0 spiro atoms. The van der Waals surface area contributed by atoms with Gasteiger partial charge in [-0.3, -0.25) is 24.2 Å². The zero-order valence-electron chi connectivity index (χ0n) is 22.0. The molecule has 2 saturated heterocycles. The van der Waals surface area contributed by atoms with Crippen molar-refractivity contribution in [2.75, 3.05) is 39.3 Å². The molecule has 1 amide bonds. The Balaban J connectivity index is 1.50. The number of phenols is 1. The molecule has 202 valence electrons. The maximum absolute atomic E-state index is 13.2. The Morgan fingerprint density at radius 1 is 1.03 bits per heavy atom. The lowest BCUT2D eigenvalue weighted by atomic mass is 10.1. The minimum absolute atomic E-state index is 0.0498. The number of fused-ring (bicyclic) bond motifs is 2. The largest absolute Gasteiger partial charge is 0.507 e. The summed E-state index contributed by atoms with van der Waals surface area (Å²) in [6, 6.07) is 4.60. The molecule has 2 aliphatic rings. The van der Waals surface area contributed by atoms with E-state index in [4.69, 9.17) is 0 Å². The van der Waals surface area contributed by atoms with Crippen LogP contribution in [0.15, 0.2) is 27.8 Å². The zero-order chi connectivity index (χ0) is 26.8. The Kier molecular flexibility index (Phi) is 7.62. The summed E-state index contributed by atoms with van der Waals surface area (Å²) in [5.74, 6) is -0.542. The van der Waals surface area contributed by atoms with Crippen LogP contribution < -0.4 is 26.7 Å². The molecule has 0 radical (unpaired) electrons. The maximum atomic E-state index is 13.2. The van der Waals surface area contributed by atoms with Crippen molar-refractivity contribution in [3.8, 4) is 5.75 Å². The minimum atomic E-state index is -0.468. The van der Waals surface area contributed by atoms with E-state index in [1.807, 2.05) is 0 Å². The molecule has 1 aromatic heterocycles. The maximum Gasteiger partial charge on any atom is 0.253 e. The van der Waals surface area contributed by atoms with Gasteiger partial charge in [0.15, 0.2) is 0 Å². The Morgan fingerprint density at radius 3 is 2.39 bits per heavy atom. The molecule has 0 saturated carbocycles. The van der Waals surface area contributed by atoms with Gasteiger partial charge in [-0.05, 0) is 64.0 Å². The molecule has 3 heterocycles. The van der Waals surface area contributed by atoms with Gasteiger partial charge in [-0.15, -0.1) is 0 Å². The van der Waals surface area contributed by atoms with Gasteiger partial charge in [0.1, 0.15) is 22.3 Å². The molecule has 10 nitrogen and oxygen atoms in total. The molecule has 5 rings (SSSR count). The first-order valence-corrected chi connectivity index (χ1v) is 13.6. The first-order valence-electron chi connectivity index (χ1n) is 13.6. The van der Waals surface area contributed by atoms with Crippen LogP contribution >= 0.6 is 0 Å². The smallest absolute Gasteiger partial charge is 0.253 e. The monoisotopic (exact) mass is 520 g/mol. The average molecular weight is 521 g/mol. The Morgan fingerprint density at radius 2 is 1.71 bits per heavy atom.